The summed E-state index contributed by atoms with van der Waals surface area (Å²) in [5.74, 6) is 0.718. The van der Waals surface area contributed by atoms with Crippen LogP contribution < -0.4 is 15.5 Å². The van der Waals surface area contributed by atoms with Crippen LogP contribution in [0, 0.1) is 0 Å². The molecule has 4 nitrogen and oxygen atoms in total. The number of hydrazone groups is 1. The summed E-state index contributed by atoms with van der Waals surface area (Å²) >= 11 is 11.0. The zero-order valence-electron chi connectivity index (χ0n) is 11.4. The van der Waals surface area contributed by atoms with Gasteiger partial charge in [-0.15, -0.1) is 0 Å². The number of nitrogens with zero attached hydrogens (tertiary/aromatic N) is 2. The third-order valence-electron chi connectivity index (χ3n) is 2.71. The lowest BCUT2D eigenvalue weighted by Crippen LogP contribution is -2.30. The van der Waals surface area contributed by atoms with E-state index < -0.39 is 0 Å². The molecule has 0 amide bonds. The molecule has 2 aromatic rings. The molecule has 21 heavy (non-hydrogen) atoms. The first-order chi connectivity index (χ1) is 10.1. The van der Waals surface area contributed by atoms with E-state index in [2.05, 4.69) is 5.10 Å². The average Bonchev–Trinajstić information content (AvgIpc) is 2.47. The van der Waals surface area contributed by atoms with E-state index in [9.17, 15) is 0 Å². The number of benzene rings is 2. The normalized spacial score (nSPS) is 10.6. The molecule has 0 saturated heterocycles. The second-order valence-corrected chi connectivity index (χ2v) is 4.97. The molecule has 0 bridgehead atoms. The fourth-order valence-corrected chi connectivity index (χ4v) is 2.09. The first-order valence-corrected chi connectivity index (χ1v) is 6.92. The Labute approximate surface area is 133 Å². The SMILES string of the molecule is COc1ccccc1C=NN(C(N)=S)c1cccc(Cl)c1. The molecule has 0 heterocycles. The summed E-state index contributed by atoms with van der Waals surface area (Å²) in [6.45, 7) is 0. The molecule has 0 atom stereocenters. The highest BCUT2D eigenvalue weighted by Crippen LogP contribution is 2.20. The van der Waals surface area contributed by atoms with Gasteiger partial charge in [0, 0.05) is 10.6 Å². The van der Waals surface area contributed by atoms with Crippen LogP contribution in [0.1, 0.15) is 5.56 Å². The topological polar surface area (TPSA) is 50.8 Å². The van der Waals surface area contributed by atoms with Crippen molar-refractivity contribution < 1.29 is 4.74 Å². The van der Waals surface area contributed by atoms with E-state index in [1.165, 1.54) is 5.01 Å². The Morgan fingerprint density at radius 3 is 2.71 bits per heavy atom. The van der Waals surface area contributed by atoms with Crippen LogP contribution in [0.2, 0.25) is 5.02 Å². The number of halogens is 1. The van der Waals surface area contributed by atoms with E-state index in [0.717, 1.165) is 11.3 Å². The van der Waals surface area contributed by atoms with Crippen molar-refractivity contribution in [3.63, 3.8) is 0 Å². The standard InChI is InChI=1S/C15H14ClN3OS/c1-20-14-8-3-2-5-11(14)10-18-19(15(17)21)13-7-4-6-12(16)9-13/h2-10H,1H3,(H2,17,21). The molecule has 0 unspecified atom stereocenters. The molecule has 0 aliphatic carbocycles. The van der Waals surface area contributed by atoms with Gasteiger partial charge in [-0.1, -0.05) is 29.8 Å². The van der Waals surface area contributed by atoms with E-state index in [0.29, 0.717) is 10.7 Å². The van der Waals surface area contributed by atoms with Crippen molar-refractivity contribution in [1.82, 2.24) is 0 Å². The zero-order valence-corrected chi connectivity index (χ0v) is 12.9. The van der Waals surface area contributed by atoms with Crippen LogP contribution in [0.3, 0.4) is 0 Å². The number of hydrogen-bond acceptors (Lipinski definition) is 3. The Morgan fingerprint density at radius 2 is 2.05 bits per heavy atom. The fourth-order valence-electron chi connectivity index (χ4n) is 1.75. The quantitative estimate of drug-likeness (QED) is 0.533. The maximum absolute atomic E-state index is 5.98. The van der Waals surface area contributed by atoms with Crippen molar-refractivity contribution >= 4 is 40.8 Å². The minimum absolute atomic E-state index is 0.128. The van der Waals surface area contributed by atoms with E-state index in [1.807, 2.05) is 36.4 Å². The minimum atomic E-state index is 0.128. The Hall–Kier alpha value is -2.11. The maximum atomic E-state index is 5.98. The molecule has 2 N–H and O–H groups in total. The number of rotatable bonds is 4. The third kappa shape index (κ3) is 3.93. The van der Waals surface area contributed by atoms with Gasteiger partial charge in [-0.3, -0.25) is 0 Å². The van der Waals surface area contributed by atoms with Gasteiger partial charge in [0.1, 0.15) is 5.75 Å². The summed E-state index contributed by atoms with van der Waals surface area (Å²) < 4.78 is 5.27. The van der Waals surface area contributed by atoms with Gasteiger partial charge in [0.05, 0.1) is 19.0 Å². The van der Waals surface area contributed by atoms with E-state index in [1.54, 1.807) is 25.5 Å². The number of methoxy groups -OCH3 is 1. The highest BCUT2D eigenvalue weighted by atomic mass is 35.5. The van der Waals surface area contributed by atoms with E-state index >= 15 is 0 Å². The monoisotopic (exact) mass is 319 g/mol. The number of para-hydroxylation sites is 1. The van der Waals surface area contributed by atoms with Gasteiger partial charge < -0.3 is 10.5 Å². The van der Waals surface area contributed by atoms with Crippen LogP contribution in [-0.4, -0.2) is 18.4 Å². The molecular formula is C15H14ClN3OS. The molecule has 0 fully saturated rings. The minimum Gasteiger partial charge on any atom is -0.496 e. The Bertz CT molecular complexity index is 675. The van der Waals surface area contributed by atoms with Crippen LogP contribution in [0.4, 0.5) is 5.69 Å². The second-order valence-electron chi connectivity index (χ2n) is 4.12. The first kappa shape index (κ1) is 15.3. The van der Waals surface area contributed by atoms with Gasteiger partial charge in [0.25, 0.3) is 0 Å². The van der Waals surface area contributed by atoms with Crippen molar-refractivity contribution in [2.45, 2.75) is 0 Å². The zero-order chi connectivity index (χ0) is 15.2. The molecule has 0 aliphatic rings. The Morgan fingerprint density at radius 1 is 1.29 bits per heavy atom. The smallest absolute Gasteiger partial charge is 0.191 e. The largest absolute Gasteiger partial charge is 0.496 e. The number of nitrogens with two attached hydrogens (primary N) is 1. The summed E-state index contributed by atoms with van der Waals surface area (Å²) in [6, 6.07) is 14.7. The summed E-state index contributed by atoms with van der Waals surface area (Å²) in [5.41, 5.74) is 7.24. The number of hydrogen-bond donors (Lipinski definition) is 1. The molecule has 0 spiro atoms. The molecule has 2 aromatic carbocycles. The van der Waals surface area contributed by atoms with E-state index in [4.69, 9.17) is 34.3 Å². The highest BCUT2D eigenvalue weighted by Gasteiger charge is 2.08. The lowest BCUT2D eigenvalue weighted by Gasteiger charge is -2.17. The van der Waals surface area contributed by atoms with Crippen molar-refractivity contribution in [2.75, 3.05) is 12.1 Å². The van der Waals surface area contributed by atoms with Gasteiger partial charge in [-0.2, -0.15) is 5.10 Å². The van der Waals surface area contributed by atoms with Crippen LogP contribution in [0.25, 0.3) is 0 Å². The predicted molar refractivity (Wildman–Crippen MR) is 91.3 cm³/mol. The summed E-state index contributed by atoms with van der Waals surface area (Å²) in [7, 11) is 1.61. The number of thiocarbonyl (C=S) groups is 1. The van der Waals surface area contributed by atoms with Crippen molar-refractivity contribution in [3.05, 3.63) is 59.1 Å². The van der Waals surface area contributed by atoms with Crippen LogP contribution >= 0.6 is 23.8 Å². The van der Waals surface area contributed by atoms with Gasteiger partial charge >= 0.3 is 0 Å². The summed E-state index contributed by atoms with van der Waals surface area (Å²) in [5, 5.41) is 6.47. The highest BCUT2D eigenvalue weighted by molar-refractivity contribution is 7.80. The second kappa shape index (κ2) is 7.06. The van der Waals surface area contributed by atoms with E-state index in [-0.39, 0.29) is 5.11 Å². The Kier molecular flexibility index (Phi) is 5.14. The number of anilines is 1. The fraction of sp³-hybridized carbons (Fsp3) is 0.0667. The van der Waals surface area contributed by atoms with Crippen molar-refractivity contribution in [2.24, 2.45) is 10.8 Å². The average molecular weight is 320 g/mol. The molecule has 0 aromatic heterocycles. The molecule has 6 heteroatoms. The van der Waals surface area contributed by atoms with Crippen molar-refractivity contribution in [3.8, 4) is 5.75 Å². The molecule has 0 radical (unpaired) electrons. The lowest BCUT2D eigenvalue weighted by atomic mass is 10.2. The molecule has 0 aliphatic heterocycles. The van der Waals surface area contributed by atoms with Crippen LogP contribution in [-0.2, 0) is 0 Å². The molecule has 108 valence electrons. The van der Waals surface area contributed by atoms with Crippen LogP contribution in [0.5, 0.6) is 5.75 Å². The maximum Gasteiger partial charge on any atom is 0.191 e. The van der Waals surface area contributed by atoms with Crippen molar-refractivity contribution in [1.29, 1.82) is 0 Å². The first-order valence-electron chi connectivity index (χ1n) is 6.14. The predicted octanol–water partition coefficient (Wildman–Crippen LogP) is 3.43. The van der Waals surface area contributed by atoms with Gasteiger partial charge in [0.15, 0.2) is 5.11 Å². The van der Waals surface area contributed by atoms with Crippen LogP contribution in [0.15, 0.2) is 53.6 Å². The third-order valence-corrected chi connectivity index (χ3v) is 3.12. The van der Waals surface area contributed by atoms with Gasteiger partial charge in [-0.05, 0) is 42.5 Å². The van der Waals surface area contributed by atoms with Gasteiger partial charge in [0.2, 0.25) is 0 Å². The van der Waals surface area contributed by atoms with Gasteiger partial charge in [-0.25, -0.2) is 5.01 Å². The molecule has 0 saturated carbocycles. The molecule has 2 rings (SSSR count). The Balaban J connectivity index is 2.32. The summed E-state index contributed by atoms with van der Waals surface area (Å²) in [6.07, 6.45) is 1.64. The lowest BCUT2D eigenvalue weighted by molar-refractivity contribution is 0.414. The number of ether oxygens (including phenoxy) is 1. The molecular weight excluding hydrogens is 306 g/mol. The summed E-state index contributed by atoms with van der Waals surface area (Å²) in [4.78, 5) is 0.